The van der Waals surface area contributed by atoms with Crippen LogP contribution in [0, 0.1) is 0 Å². The first-order valence-corrected chi connectivity index (χ1v) is 6.63. The Hall–Kier alpha value is -0.690. The van der Waals surface area contributed by atoms with E-state index in [-0.39, 0.29) is 12.0 Å². The van der Waals surface area contributed by atoms with Gasteiger partial charge in [0.05, 0.1) is 24.9 Å². The molecule has 6 nitrogen and oxygen atoms in total. The number of methoxy groups -OCH3 is 1. The van der Waals surface area contributed by atoms with E-state index < -0.39 is 5.54 Å². The lowest BCUT2D eigenvalue weighted by Gasteiger charge is -2.28. The maximum Gasteiger partial charge on any atom is 0.237 e. The molecule has 0 aromatic rings. The van der Waals surface area contributed by atoms with E-state index in [0.29, 0.717) is 32.8 Å². The van der Waals surface area contributed by atoms with Crippen LogP contribution in [0.5, 0.6) is 0 Å². The summed E-state index contributed by atoms with van der Waals surface area (Å²) < 4.78 is 15.9. The van der Waals surface area contributed by atoms with Crippen molar-refractivity contribution in [3.8, 4) is 0 Å². The van der Waals surface area contributed by atoms with Gasteiger partial charge in [-0.05, 0) is 27.3 Å². The van der Waals surface area contributed by atoms with Crippen molar-refractivity contribution in [3.63, 3.8) is 0 Å². The Balaban J connectivity index is 3.69. The standard InChI is InChI=1S/C13H28N2O4/c1-11(10-13(2,15-3)12(14)16)19-9-8-18-7-5-6-17-4/h11,15H,5-10H2,1-4H3,(H2,14,16). The van der Waals surface area contributed by atoms with Gasteiger partial charge in [0, 0.05) is 26.7 Å². The van der Waals surface area contributed by atoms with E-state index >= 15 is 0 Å². The Bertz CT molecular complexity index is 251. The molecule has 0 aliphatic rings. The van der Waals surface area contributed by atoms with E-state index in [0.717, 1.165) is 6.42 Å². The summed E-state index contributed by atoms with van der Waals surface area (Å²) in [6.07, 6.45) is 1.35. The molecule has 0 spiro atoms. The van der Waals surface area contributed by atoms with Gasteiger partial charge in [-0.15, -0.1) is 0 Å². The third-order valence-corrected chi connectivity index (χ3v) is 3.06. The molecule has 3 N–H and O–H groups in total. The number of hydrogen-bond acceptors (Lipinski definition) is 5. The molecule has 19 heavy (non-hydrogen) atoms. The molecule has 2 atom stereocenters. The first-order valence-electron chi connectivity index (χ1n) is 6.63. The largest absolute Gasteiger partial charge is 0.385 e. The predicted molar refractivity (Wildman–Crippen MR) is 74.0 cm³/mol. The fourth-order valence-electron chi connectivity index (χ4n) is 1.68. The molecular formula is C13H28N2O4. The predicted octanol–water partition coefficient (Wildman–Crippen LogP) is 0.298. The maximum atomic E-state index is 11.3. The number of primary amides is 1. The number of nitrogens with two attached hydrogens (primary N) is 1. The Morgan fingerprint density at radius 1 is 1.32 bits per heavy atom. The van der Waals surface area contributed by atoms with Crippen molar-refractivity contribution in [2.75, 3.05) is 40.6 Å². The van der Waals surface area contributed by atoms with Gasteiger partial charge >= 0.3 is 0 Å². The van der Waals surface area contributed by atoms with Crippen molar-refractivity contribution in [2.45, 2.75) is 38.3 Å². The summed E-state index contributed by atoms with van der Waals surface area (Å²) in [4.78, 5) is 11.3. The highest BCUT2D eigenvalue weighted by Gasteiger charge is 2.31. The number of carbonyl (C=O) groups excluding carboxylic acids is 1. The molecule has 0 bridgehead atoms. The summed E-state index contributed by atoms with van der Waals surface area (Å²) in [5.74, 6) is -0.374. The van der Waals surface area contributed by atoms with Gasteiger partial charge in [-0.1, -0.05) is 0 Å². The lowest BCUT2D eigenvalue weighted by atomic mass is 9.94. The van der Waals surface area contributed by atoms with Crippen molar-refractivity contribution >= 4 is 5.91 Å². The second-order valence-corrected chi connectivity index (χ2v) is 4.79. The Morgan fingerprint density at radius 3 is 2.53 bits per heavy atom. The Labute approximate surface area is 116 Å². The minimum absolute atomic E-state index is 0.0625. The van der Waals surface area contributed by atoms with Crippen LogP contribution in [0.15, 0.2) is 0 Å². The van der Waals surface area contributed by atoms with Crippen molar-refractivity contribution in [1.29, 1.82) is 0 Å². The van der Waals surface area contributed by atoms with Crippen molar-refractivity contribution < 1.29 is 19.0 Å². The van der Waals surface area contributed by atoms with Crippen LogP contribution in [0.3, 0.4) is 0 Å². The van der Waals surface area contributed by atoms with Crippen LogP contribution >= 0.6 is 0 Å². The number of nitrogens with one attached hydrogen (secondary N) is 1. The average Bonchev–Trinajstić information content (AvgIpc) is 2.37. The van der Waals surface area contributed by atoms with Gasteiger partial charge in [0.1, 0.15) is 0 Å². The third kappa shape index (κ3) is 8.15. The second kappa shape index (κ2) is 10.1. The molecule has 0 aliphatic heterocycles. The summed E-state index contributed by atoms with van der Waals surface area (Å²) in [6, 6.07) is 0. The first kappa shape index (κ1) is 18.3. The molecule has 0 aliphatic carbocycles. The normalized spacial score (nSPS) is 16.0. The third-order valence-electron chi connectivity index (χ3n) is 3.06. The monoisotopic (exact) mass is 276 g/mol. The number of ether oxygens (including phenoxy) is 3. The van der Waals surface area contributed by atoms with Gasteiger partial charge in [0.25, 0.3) is 0 Å². The van der Waals surface area contributed by atoms with E-state index in [9.17, 15) is 4.79 Å². The zero-order chi connectivity index (χ0) is 14.7. The zero-order valence-corrected chi connectivity index (χ0v) is 12.5. The molecular weight excluding hydrogens is 248 g/mol. The SMILES string of the molecule is CNC(C)(CC(C)OCCOCCCOC)C(N)=O. The Morgan fingerprint density at radius 2 is 2.00 bits per heavy atom. The van der Waals surface area contributed by atoms with Gasteiger partial charge in [0.15, 0.2) is 0 Å². The quantitative estimate of drug-likeness (QED) is 0.501. The summed E-state index contributed by atoms with van der Waals surface area (Å²) in [7, 11) is 3.39. The topological polar surface area (TPSA) is 82.8 Å². The van der Waals surface area contributed by atoms with E-state index in [1.54, 1.807) is 21.1 Å². The van der Waals surface area contributed by atoms with E-state index in [1.165, 1.54) is 0 Å². The number of rotatable bonds is 12. The lowest BCUT2D eigenvalue weighted by molar-refractivity contribution is -0.125. The summed E-state index contributed by atoms with van der Waals surface area (Å²) in [5, 5.41) is 2.93. The minimum atomic E-state index is -0.737. The van der Waals surface area contributed by atoms with E-state index in [2.05, 4.69) is 5.32 Å². The molecule has 1 amide bonds. The van der Waals surface area contributed by atoms with Crippen molar-refractivity contribution in [3.05, 3.63) is 0 Å². The number of carbonyl (C=O) groups is 1. The molecule has 6 heteroatoms. The smallest absolute Gasteiger partial charge is 0.237 e. The average molecular weight is 276 g/mol. The van der Waals surface area contributed by atoms with Gasteiger partial charge < -0.3 is 25.3 Å². The van der Waals surface area contributed by atoms with Gasteiger partial charge in [0.2, 0.25) is 5.91 Å². The van der Waals surface area contributed by atoms with Crippen LogP contribution in [0.2, 0.25) is 0 Å². The summed E-state index contributed by atoms with van der Waals surface area (Å²) in [5.41, 5.74) is 4.62. The van der Waals surface area contributed by atoms with Gasteiger partial charge in [-0.3, -0.25) is 4.79 Å². The summed E-state index contributed by atoms with van der Waals surface area (Å²) >= 11 is 0. The van der Waals surface area contributed by atoms with Gasteiger partial charge in [-0.25, -0.2) is 0 Å². The molecule has 2 unspecified atom stereocenters. The van der Waals surface area contributed by atoms with Crippen LogP contribution in [-0.2, 0) is 19.0 Å². The van der Waals surface area contributed by atoms with Gasteiger partial charge in [-0.2, -0.15) is 0 Å². The van der Waals surface area contributed by atoms with Crippen molar-refractivity contribution in [2.24, 2.45) is 5.73 Å². The van der Waals surface area contributed by atoms with E-state index in [1.807, 2.05) is 6.92 Å². The number of hydrogen-bond donors (Lipinski definition) is 2. The second-order valence-electron chi connectivity index (χ2n) is 4.79. The molecule has 0 aromatic carbocycles. The molecule has 0 saturated carbocycles. The zero-order valence-electron chi connectivity index (χ0n) is 12.5. The fourth-order valence-corrected chi connectivity index (χ4v) is 1.68. The molecule has 0 radical (unpaired) electrons. The first-order chi connectivity index (χ1) is 8.96. The van der Waals surface area contributed by atoms with Crippen LogP contribution in [0.4, 0.5) is 0 Å². The van der Waals surface area contributed by atoms with Crippen LogP contribution < -0.4 is 11.1 Å². The number of likely N-dealkylation sites (N-methyl/N-ethyl adjacent to an activating group) is 1. The molecule has 0 rings (SSSR count). The molecule has 114 valence electrons. The highest BCUT2D eigenvalue weighted by atomic mass is 16.5. The highest BCUT2D eigenvalue weighted by molar-refractivity contribution is 5.84. The van der Waals surface area contributed by atoms with Crippen LogP contribution in [0.1, 0.15) is 26.7 Å². The highest BCUT2D eigenvalue weighted by Crippen LogP contribution is 2.13. The molecule has 0 aromatic heterocycles. The fraction of sp³-hybridized carbons (Fsp3) is 0.923. The minimum Gasteiger partial charge on any atom is -0.385 e. The Kier molecular flexibility index (Phi) is 9.77. The molecule has 0 fully saturated rings. The van der Waals surface area contributed by atoms with E-state index in [4.69, 9.17) is 19.9 Å². The van der Waals surface area contributed by atoms with Crippen LogP contribution in [0.25, 0.3) is 0 Å². The maximum absolute atomic E-state index is 11.3. The molecule has 0 heterocycles. The lowest BCUT2D eigenvalue weighted by Crippen LogP contribution is -2.53. The number of amides is 1. The van der Waals surface area contributed by atoms with Crippen LogP contribution in [-0.4, -0.2) is 58.1 Å². The van der Waals surface area contributed by atoms with Crippen molar-refractivity contribution in [1.82, 2.24) is 5.32 Å². The summed E-state index contributed by atoms with van der Waals surface area (Å²) in [6.45, 7) is 6.12. The molecule has 0 saturated heterocycles.